The van der Waals surface area contributed by atoms with Gasteiger partial charge in [-0.15, -0.1) is 0 Å². The van der Waals surface area contributed by atoms with Crippen LogP contribution in [-0.4, -0.2) is 55.1 Å². The van der Waals surface area contributed by atoms with Gasteiger partial charge in [-0.1, -0.05) is 30.3 Å². The van der Waals surface area contributed by atoms with E-state index < -0.39 is 11.8 Å². The molecule has 0 spiro atoms. The summed E-state index contributed by atoms with van der Waals surface area (Å²) >= 11 is 0. The topological polar surface area (TPSA) is 87.7 Å². The number of rotatable bonds is 6. The highest BCUT2D eigenvalue weighted by Gasteiger charge is 2.26. The van der Waals surface area contributed by atoms with Crippen molar-refractivity contribution in [1.29, 1.82) is 0 Å². The van der Waals surface area contributed by atoms with Gasteiger partial charge in [-0.3, -0.25) is 9.59 Å². The minimum atomic E-state index is -0.612. The molecule has 1 saturated heterocycles. The third-order valence-corrected chi connectivity index (χ3v) is 4.33. The number of benzene rings is 1. The van der Waals surface area contributed by atoms with E-state index in [-0.39, 0.29) is 12.1 Å². The van der Waals surface area contributed by atoms with Gasteiger partial charge in [-0.2, -0.15) is 0 Å². The van der Waals surface area contributed by atoms with E-state index >= 15 is 0 Å². The van der Waals surface area contributed by atoms with Crippen LogP contribution in [-0.2, 0) is 20.7 Å². The van der Waals surface area contributed by atoms with E-state index in [4.69, 9.17) is 4.74 Å². The average Bonchev–Trinajstić information content (AvgIpc) is 2.66. The van der Waals surface area contributed by atoms with Crippen molar-refractivity contribution in [3.05, 3.63) is 35.9 Å². The molecule has 2 rings (SSSR count). The smallest absolute Gasteiger partial charge is 0.409 e. The molecule has 1 heterocycles. The Morgan fingerprint density at radius 2 is 1.81 bits per heavy atom. The molecule has 0 unspecified atom stereocenters. The van der Waals surface area contributed by atoms with Gasteiger partial charge < -0.3 is 20.3 Å². The Labute approximate surface area is 154 Å². The van der Waals surface area contributed by atoms with Crippen molar-refractivity contribution in [2.45, 2.75) is 38.6 Å². The molecule has 142 valence electrons. The predicted octanol–water partition coefficient (Wildman–Crippen LogP) is 1.47. The van der Waals surface area contributed by atoms with E-state index in [2.05, 4.69) is 10.6 Å². The largest absolute Gasteiger partial charge is 0.450 e. The second kappa shape index (κ2) is 10.4. The van der Waals surface area contributed by atoms with Crippen LogP contribution in [0.4, 0.5) is 4.79 Å². The maximum Gasteiger partial charge on any atom is 0.409 e. The lowest BCUT2D eigenvalue weighted by atomic mass is 10.1. The van der Waals surface area contributed by atoms with Crippen molar-refractivity contribution in [2.24, 2.45) is 0 Å². The number of amides is 3. The molecule has 2 N–H and O–H groups in total. The standard InChI is InChI=1S/C19H27N3O4/c1-2-26-19(25)22-13-10-16(11-14-22)21-18(24)17(23)20-12-6-9-15-7-4-3-5-8-15/h3-5,7-8,16H,2,6,9-14H2,1H3,(H,20,23)(H,21,24). The molecule has 0 aliphatic carbocycles. The first-order chi connectivity index (χ1) is 12.6. The maximum atomic E-state index is 12.0. The van der Waals surface area contributed by atoms with Crippen LogP contribution in [0.5, 0.6) is 0 Å². The number of nitrogens with zero attached hydrogens (tertiary/aromatic N) is 1. The molecule has 1 aliphatic rings. The minimum absolute atomic E-state index is 0.0942. The van der Waals surface area contributed by atoms with Crippen LogP contribution in [0.25, 0.3) is 0 Å². The monoisotopic (exact) mass is 361 g/mol. The number of aryl methyl sites for hydroxylation is 1. The molecule has 7 nitrogen and oxygen atoms in total. The Kier molecular flexibility index (Phi) is 7.92. The lowest BCUT2D eigenvalue weighted by molar-refractivity contribution is -0.139. The van der Waals surface area contributed by atoms with Gasteiger partial charge in [0.2, 0.25) is 0 Å². The van der Waals surface area contributed by atoms with E-state index in [0.717, 1.165) is 12.8 Å². The first kappa shape index (κ1) is 19.8. The lowest BCUT2D eigenvalue weighted by Gasteiger charge is -2.31. The first-order valence-electron chi connectivity index (χ1n) is 9.14. The van der Waals surface area contributed by atoms with Gasteiger partial charge in [0.05, 0.1) is 6.61 Å². The second-order valence-electron chi connectivity index (χ2n) is 6.28. The number of piperidine rings is 1. The Morgan fingerprint density at radius 3 is 2.46 bits per heavy atom. The second-order valence-corrected chi connectivity index (χ2v) is 6.28. The number of carbonyl (C=O) groups excluding carboxylic acids is 3. The van der Waals surface area contributed by atoms with Crippen molar-refractivity contribution < 1.29 is 19.1 Å². The number of hydrogen-bond donors (Lipinski definition) is 2. The minimum Gasteiger partial charge on any atom is -0.450 e. The number of likely N-dealkylation sites (tertiary alicyclic amines) is 1. The summed E-state index contributed by atoms with van der Waals surface area (Å²) in [6, 6.07) is 9.91. The fourth-order valence-electron chi connectivity index (χ4n) is 2.89. The third-order valence-electron chi connectivity index (χ3n) is 4.33. The molecular formula is C19H27N3O4. The van der Waals surface area contributed by atoms with Crippen molar-refractivity contribution in [1.82, 2.24) is 15.5 Å². The van der Waals surface area contributed by atoms with Crippen LogP contribution in [0.2, 0.25) is 0 Å². The van der Waals surface area contributed by atoms with E-state index in [1.807, 2.05) is 30.3 Å². The average molecular weight is 361 g/mol. The Bertz CT molecular complexity index is 598. The Balaban J connectivity index is 1.61. The number of hydrogen-bond acceptors (Lipinski definition) is 4. The van der Waals surface area contributed by atoms with Crippen LogP contribution in [0, 0.1) is 0 Å². The molecule has 26 heavy (non-hydrogen) atoms. The van der Waals surface area contributed by atoms with Crippen LogP contribution in [0.1, 0.15) is 31.7 Å². The van der Waals surface area contributed by atoms with Gasteiger partial charge in [-0.05, 0) is 38.2 Å². The summed E-state index contributed by atoms with van der Waals surface area (Å²) in [4.78, 5) is 37.1. The van der Waals surface area contributed by atoms with Crippen molar-refractivity contribution in [3.8, 4) is 0 Å². The van der Waals surface area contributed by atoms with Gasteiger partial charge in [0, 0.05) is 25.7 Å². The van der Waals surface area contributed by atoms with E-state index in [9.17, 15) is 14.4 Å². The Morgan fingerprint density at radius 1 is 1.12 bits per heavy atom. The molecule has 7 heteroatoms. The van der Waals surface area contributed by atoms with Gasteiger partial charge in [0.15, 0.2) is 0 Å². The van der Waals surface area contributed by atoms with Crippen LogP contribution >= 0.6 is 0 Å². The summed E-state index contributed by atoms with van der Waals surface area (Å²) < 4.78 is 4.96. The zero-order valence-electron chi connectivity index (χ0n) is 15.2. The molecule has 0 radical (unpaired) electrons. The summed E-state index contributed by atoms with van der Waals surface area (Å²) in [7, 11) is 0. The number of nitrogens with one attached hydrogen (secondary N) is 2. The molecule has 1 aliphatic heterocycles. The summed E-state index contributed by atoms with van der Waals surface area (Å²) in [6.07, 6.45) is 2.54. The highest BCUT2D eigenvalue weighted by atomic mass is 16.6. The Hall–Kier alpha value is -2.57. The summed E-state index contributed by atoms with van der Waals surface area (Å²) in [6.45, 7) is 3.61. The van der Waals surface area contributed by atoms with Crippen LogP contribution < -0.4 is 10.6 Å². The molecule has 0 bridgehead atoms. The summed E-state index contributed by atoms with van der Waals surface area (Å²) in [5.74, 6) is -1.22. The molecule has 0 atom stereocenters. The van der Waals surface area contributed by atoms with Crippen molar-refractivity contribution >= 4 is 17.9 Å². The SMILES string of the molecule is CCOC(=O)N1CCC(NC(=O)C(=O)NCCCc2ccccc2)CC1. The maximum absolute atomic E-state index is 12.0. The molecular weight excluding hydrogens is 334 g/mol. The number of carbonyl (C=O) groups is 3. The van der Waals surface area contributed by atoms with Crippen LogP contribution in [0.3, 0.4) is 0 Å². The van der Waals surface area contributed by atoms with Gasteiger partial charge in [0.1, 0.15) is 0 Å². The van der Waals surface area contributed by atoms with Crippen molar-refractivity contribution in [3.63, 3.8) is 0 Å². The highest BCUT2D eigenvalue weighted by molar-refractivity contribution is 6.35. The predicted molar refractivity (Wildman–Crippen MR) is 97.5 cm³/mol. The van der Waals surface area contributed by atoms with Gasteiger partial charge in [-0.25, -0.2) is 4.79 Å². The fraction of sp³-hybridized carbons (Fsp3) is 0.526. The third kappa shape index (κ3) is 6.38. The van der Waals surface area contributed by atoms with Crippen LogP contribution in [0.15, 0.2) is 30.3 Å². The van der Waals surface area contributed by atoms with E-state index in [1.54, 1.807) is 11.8 Å². The fourth-order valence-corrected chi connectivity index (χ4v) is 2.89. The van der Waals surface area contributed by atoms with E-state index in [0.29, 0.717) is 39.1 Å². The molecule has 3 amide bonds. The normalized spacial score (nSPS) is 14.6. The summed E-state index contributed by atoms with van der Waals surface area (Å²) in [5, 5.41) is 5.39. The van der Waals surface area contributed by atoms with Gasteiger partial charge in [0.25, 0.3) is 0 Å². The van der Waals surface area contributed by atoms with Crippen molar-refractivity contribution in [2.75, 3.05) is 26.2 Å². The number of ether oxygens (including phenoxy) is 1. The zero-order valence-corrected chi connectivity index (χ0v) is 15.2. The molecule has 1 aromatic carbocycles. The highest BCUT2D eigenvalue weighted by Crippen LogP contribution is 2.11. The zero-order chi connectivity index (χ0) is 18.8. The van der Waals surface area contributed by atoms with E-state index in [1.165, 1.54) is 5.56 Å². The van der Waals surface area contributed by atoms with Gasteiger partial charge >= 0.3 is 17.9 Å². The molecule has 0 saturated carbocycles. The lowest BCUT2D eigenvalue weighted by Crippen LogP contribution is -2.50. The summed E-state index contributed by atoms with van der Waals surface area (Å²) in [5.41, 5.74) is 1.21. The molecule has 1 aromatic rings. The molecule has 1 fully saturated rings. The first-order valence-corrected chi connectivity index (χ1v) is 9.14. The quantitative estimate of drug-likeness (QED) is 0.593. The molecule has 0 aromatic heterocycles.